The van der Waals surface area contributed by atoms with Crippen LogP contribution in [0.4, 0.5) is 4.39 Å². The van der Waals surface area contributed by atoms with E-state index in [9.17, 15) is 4.39 Å². The van der Waals surface area contributed by atoms with Crippen LogP contribution in [-0.4, -0.2) is 26.7 Å². The number of halogens is 2. The molecule has 0 aliphatic carbocycles. The van der Waals surface area contributed by atoms with Gasteiger partial charge in [0.15, 0.2) is 17.5 Å². The molecule has 1 aromatic heterocycles. The number of hydrogen-bond donors (Lipinski definition) is 2. The maximum atomic E-state index is 13.9. The first-order chi connectivity index (χ1) is 12.0. The highest BCUT2D eigenvalue weighted by molar-refractivity contribution is 14.0. The summed E-state index contributed by atoms with van der Waals surface area (Å²) in [4.78, 5) is 5.65. The van der Waals surface area contributed by atoms with E-state index >= 15 is 0 Å². The number of hydrogen-bond acceptors (Lipinski definition) is 3. The zero-order valence-corrected chi connectivity index (χ0v) is 18.7. The van der Waals surface area contributed by atoms with Crippen LogP contribution in [-0.2, 0) is 6.42 Å². The lowest BCUT2D eigenvalue weighted by Crippen LogP contribution is -2.40. The van der Waals surface area contributed by atoms with Crippen molar-refractivity contribution >= 4 is 41.3 Å². The lowest BCUT2D eigenvalue weighted by Gasteiger charge is -2.20. The highest BCUT2D eigenvalue weighted by Gasteiger charge is 2.12. The van der Waals surface area contributed by atoms with E-state index < -0.39 is 0 Å². The van der Waals surface area contributed by atoms with E-state index in [2.05, 4.69) is 40.1 Å². The molecule has 2 atom stereocenters. The first-order valence-electron chi connectivity index (χ1n) is 8.36. The second kappa shape index (κ2) is 11.4. The third-order valence-electron chi connectivity index (χ3n) is 4.00. The molecule has 0 fully saturated rings. The van der Waals surface area contributed by atoms with Crippen molar-refractivity contribution in [2.24, 2.45) is 10.9 Å². The molecular weight excluding hydrogens is 464 g/mol. The molecule has 2 aromatic rings. The normalized spacial score (nSPS) is 13.5. The maximum absolute atomic E-state index is 13.9. The largest absolute Gasteiger partial charge is 0.494 e. The summed E-state index contributed by atoms with van der Waals surface area (Å²) < 4.78 is 18.8. The fraction of sp³-hybridized carbons (Fsp3) is 0.421. The smallest absolute Gasteiger partial charge is 0.191 e. The van der Waals surface area contributed by atoms with E-state index in [1.807, 2.05) is 13.0 Å². The van der Waals surface area contributed by atoms with Crippen LogP contribution in [0.3, 0.4) is 0 Å². The molecule has 1 aromatic carbocycles. The molecule has 0 radical (unpaired) electrons. The minimum atomic E-state index is -0.360. The zero-order chi connectivity index (χ0) is 18.2. The minimum absolute atomic E-state index is 0. The first kappa shape index (κ1) is 22.7. The summed E-state index contributed by atoms with van der Waals surface area (Å²) in [6, 6.07) is 9.15. The Morgan fingerprint density at radius 3 is 2.65 bits per heavy atom. The number of methoxy groups -OCH3 is 1. The molecule has 7 heteroatoms. The van der Waals surface area contributed by atoms with Crippen molar-refractivity contribution in [1.82, 2.24) is 10.6 Å². The number of nitrogens with one attached hydrogen (secondary N) is 2. The van der Waals surface area contributed by atoms with Crippen molar-refractivity contribution in [3.63, 3.8) is 0 Å². The molecule has 0 spiro atoms. The molecule has 144 valence electrons. The Morgan fingerprint density at radius 2 is 2.08 bits per heavy atom. The van der Waals surface area contributed by atoms with E-state index in [0.29, 0.717) is 11.9 Å². The molecular formula is C19H27FIN3OS. The van der Waals surface area contributed by atoms with Crippen molar-refractivity contribution in [3.8, 4) is 5.75 Å². The number of nitrogens with zero attached hydrogens (tertiary/aromatic N) is 1. The minimum Gasteiger partial charge on any atom is -0.494 e. The SMILES string of the molecule is CN=C(NCC(C)Cc1cccs1)NC(C)c1ccc(OC)c(F)c1.I. The van der Waals surface area contributed by atoms with E-state index in [0.717, 1.165) is 18.5 Å². The first-order valence-corrected chi connectivity index (χ1v) is 9.24. The van der Waals surface area contributed by atoms with Gasteiger partial charge < -0.3 is 15.4 Å². The molecule has 0 aliphatic heterocycles. The molecule has 0 bridgehead atoms. The van der Waals surface area contributed by atoms with Gasteiger partial charge in [0.05, 0.1) is 13.2 Å². The van der Waals surface area contributed by atoms with E-state index in [-0.39, 0.29) is 41.6 Å². The lowest BCUT2D eigenvalue weighted by molar-refractivity contribution is 0.386. The summed E-state index contributed by atoms with van der Waals surface area (Å²) in [7, 11) is 3.20. The van der Waals surface area contributed by atoms with Gasteiger partial charge in [-0.15, -0.1) is 35.3 Å². The van der Waals surface area contributed by atoms with Gasteiger partial charge in [0, 0.05) is 18.5 Å². The fourth-order valence-corrected chi connectivity index (χ4v) is 3.42. The van der Waals surface area contributed by atoms with Gasteiger partial charge in [0.25, 0.3) is 0 Å². The summed E-state index contributed by atoms with van der Waals surface area (Å²) >= 11 is 1.78. The molecule has 26 heavy (non-hydrogen) atoms. The van der Waals surface area contributed by atoms with Crippen LogP contribution in [0.25, 0.3) is 0 Å². The predicted molar refractivity (Wildman–Crippen MR) is 118 cm³/mol. The third-order valence-corrected chi connectivity index (χ3v) is 4.90. The van der Waals surface area contributed by atoms with Gasteiger partial charge in [-0.25, -0.2) is 4.39 Å². The molecule has 2 N–H and O–H groups in total. The van der Waals surface area contributed by atoms with E-state index in [4.69, 9.17) is 4.74 Å². The van der Waals surface area contributed by atoms with Crippen LogP contribution in [0.5, 0.6) is 5.75 Å². The average Bonchev–Trinajstić information content (AvgIpc) is 3.11. The van der Waals surface area contributed by atoms with E-state index in [1.54, 1.807) is 24.5 Å². The van der Waals surface area contributed by atoms with Crippen LogP contribution in [0, 0.1) is 11.7 Å². The quantitative estimate of drug-likeness (QED) is 0.338. The summed E-state index contributed by atoms with van der Waals surface area (Å²) in [5.41, 5.74) is 0.841. The second-order valence-electron chi connectivity index (χ2n) is 6.10. The molecule has 0 saturated carbocycles. The van der Waals surface area contributed by atoms with Crippen LogP contribution < -0.4 is 15.4 Å². The van der Waals surface area contributed by atoms with Gasteiger partial charge in [-0.05, 0) is 48.4 Å². The summed E-state index contributed by atoms with van der Waals surface area (Å²) in [5.74, 6) is 1.09. The highest BCUT2D eigenvalue weighted by atomic mass is 127. The van der Waals surface area contributed by atoms with Crippen LogP contribution in [0.1, 0.15) is 30.3 Å². The topological polar surface area (TPSA) is 45.7 Å². The molecule has 0 aliphatic rings. The molecule has 2 unspecified atom stereocenters. The van der Waals surface area contributed by atoms with Crippen molar-refractivity contribution < 1.29 is 9.13 Å². The zero-order valence-electron chi connectivity index (χ0n) is 15.6. The van der Waals surface area contributed by atoms with Crippen molar-refractivity contribution in [3.05, 3.63) is 52.0 Å². The Hall–Kier alpha value is -1.35. The molecule has 4 nitrogen and oxygen atoms in total. The van der Waals surface area contributed by atoms with Crippen molar-refractivity contribution in [1.29, 1.82) is 0 Å². The predicted octanol–water partition coefficient (Wildman–Crippen LogP) is 4.62. The highest BCUT2D eigenvalue weighted by Crippen LogP contribution is 2.21. The molecule has 0 saturated heterocycles. The van der Waals surface area contributed by atoms with Crippen LogP contribution >= 0.6 is 35.3 Å². The van der Waals surface area contributed by atoms with Crippen LogP contribution in [0.2, 0.25) is 0 Å². The van der Waals surface area contributed by atoms with Gasteiger partial charge in [-0.3, -0.25) is 4.99 Å². The van der Waals surface area contributed by atoms with Gasteiger partial charge in [-0.2, -0.15) is 0 Å². The van der Waals surface area contributed by atoms with Gasteiger partial charge in [-0.1, -0.05) is 19.1 Å². The van der Waals surface area contributed by atoms with Gasteiger partial charge >= 0.3 is 0 Å². The average molecular weight is 491 g/mol. The fourth-order valence-electron chi connectivity index (χ4n) is 2.55. The maximum Gasteiger partial charge on any atom is 0.191 e. The number of benzene rings is 1. The van der Waals surface area contributed by atoms with Crippen LogP contribution in [0.15, 0.2) is 40.7 Å². The van der Waals surface area contributed by atoms with E-state index in [1.165, 1.54) is 18.1 Å². The third kappa shape index (κ3) is 6.75. The Morgan fingerprint density at radius 1 is 1.31 bits per heavy atom. The second-order valence-corrected chi connectivity index (χ2v) is 7.13. The van der Waals surface area contributed by atoms with Crippen molar-refractivity contribution in [2.45, 2.75) is 26.3 Å². The lowest BCUT2D eigenvalue weighted by atomic mass is 10.1. The number of aliphatic imine (C=N–C) groups is 1. The summed E-state index contributed by atoms with van der Waals surface area (Å²) in [6.07, 6.45) is 1.04. The van der Waals surface area contributed by atoms with Crippen molar-refractivity contribution in [2.75, 3.05) is 20.7 Å². The molecule has 2 rings (SSSR count). The summed E-state index contributed by atoms with van der Waals surface area (Å²) in [6.45, 7) is 5.01. The summed E-state index contributed by atoms with van der Waals surface area (Å²) in [5, 5.41) is 8.74. The number of guanidine groups is 1. The monoisotopic (exact) mass is 491 g/mol. The molecule has 0 amide bonds. The Kier molecular flexibility index (Phi) is 9.93. The Labute approximate surface area is 176 Å². The van der Waals surface area contributed by atoms with Gasteiger partial charge in [0.1, 0.15) is 0 Å². The number of rotatable bonds is 7. The molecule has 1 heterocycles. The standard InChI is InChI=1S/C19H26FN3OS.HI/c1-13(10-16-6-5-9-25-16)12-22-19(21-3)23-14(2)15-7-8-18(24-4)17(20)11-15;/h5-9,11,13-14H,10,12H2,1-4H3,(H2,21,22,23);1H. The number of ether oxygens (including phenoxy) is 1. The Balaban J connectivity index is 0.00000338. The Bertz CT molecular complexity index is 694. The number of thiophene rings is 1. The van der Waals surface area contributed by atoms with Gasteiger partial charge in [0.2, 0.25) is 0 Å².